The van der Waals surface area contributed by atoms with Crippen molar-refractivity contribution in [1.29, 1.82) is 0 Å². The number of aliphatic hydroxyl groups is 1. The van der Waals surface area contributed by atoms with Gasteiger partial charge >= 0.3 is 0 Å². The maximum atomic E-state index is 10.6. The standard InChI is InChI=1S/C6H12N2O2/c1-8-3-4(9)2-5(8)6(7)10/h4-5,9H,2-3H2,1H3,(H2,7,10). The van der Waals surface area contributed by atoms with Crippen LogP contribution in [0.2, 0.25) is 0 Å². The van der Waals surface area contributed by atoms with Gasteiger partial charge in [0.1, 0.15) is 0 Å². The summed E-state index contributed by atoms with van der Waals surface area (Å²) in [6.07, 6.45) is 0.0914. The Labute approximate surface area is 59.6 Å². The topological polar surface area (TPSA) is 66.6 Å². The number of amides is 1. The first-order valence-electron chi connectivity index (χ1n) is 3.29. The molecule has 4 nitrogen and oxygen atoms in total. The number of rotatable bonds is 1. The number of hydrogen-bond acceptors (Lipinski definition) is 3. The number of likely N-dealkylation sites (tertiary alicyclic amines) is 1. The highest BCUT2D eigenvalue weighted by Crippen LogP contribution is 2.14. The third kappa shape index (κ3) is 1.27. The van der Waals surface area contributed by atoms with Crippen LogP contribution in [0.4, 0.5) is 0 Å². The molecule has 0 radical (unpaired) electrons. The van der Waals surface area contributed by atoms with E-state index in [4.69, 9.17) is 10.8 Å². The highest BCUT2D eigenvalue weighted by atomic mass is 16.3. The van der Waals surface area contributed by atoms with Crippen molar-refractivity contribution < 1.29 is 9.90 Å². The molecule has 3 N–H and O–H groups in total. The van der Waals surface area contributed by atoms with E-state index in [2.05, 4.69) is 0 Å². The first kappa shape index (κ1) is 7.50. The predicted octanol–water partition coefficient (Wildman–Crippen LogP) is -1.46. The van der Waals surface area contributed by atoms with Crippen LogP contribution in [-0.2, 0) is 4.79 Å². The Morgan fingerprint density at radius 3 is 2.60 bits per heavy atom. The summed E-state index contributed by atoms with van der Waals surface area (Å²) in [5.41, 5.74) is 5.06. The van der Waals surface area contributed by atoms with Crippen LogP contribution in [-0.4, -0.2) is 41.7 Å². The zero-order chi connectivity index (χ0) is 7.72. The van der Waals surface area contributed by atoms with Crippen molar-refractivity contribution in [2.24, 2.45) is 5.73 Å². The van der Waals surface area contributed by atoms with Gasteiger partial charge < -0.3 is 10.8 Å². The van der Waals surface area contributed by atoms with Crippen molar-refractivity contribution in [1.82, 2.24) is 4.90 Å². The lowest BCUT2D eigenvalue weighted by molar-refractivity contribution is -0.121. The van der Waals surface area contributed by atoms with E-state index in [1.54, 1.807) is 11.9 Å². The molecule has 0 aromatic carbocycles. The second-order valence-electron chi connectivity index (χ2n) is 2.75. The highest BCUT2D eigenvalue weighted by Gasteiger charge is 2.31. The molecule has 1 aliphatic heterocycles. The van der Waals surface area contributed by atoms with E-state index < -0.39 is 0 Å². The molecule has 1 rings (SSSR count). The minimum absolute atomic E-state index is 0.269. The molecule has 0 aromatic heterocycles. The van der Waals surface area contributed by atoms with Crippen LogP contribution >= 0.6 is 0 Å². The average molecular weight is 144 g/mol. The van der Waals surface area contributed by atoms with Gasteiger partial charge in [-0.25, -0.2) is 0 Å². The second kappa shape index (κ2) is 2.56. The third-order valence-electron chi connectivity index (χ3n) is 1.85. The van der Waals surface area contributed by atoms with Gasteiger partial charge in [0.25, 0.3) is 0 Å². The lowest BCUT2D eigenvalue weighted by Gasteiger charge is -2.13. The molecule has 1 amide bonds. The molecule has 10 heavy (non-hydrogen) atoms. The number of primary amides is 1. The van der Waals surface area contributed by atoms with Crippen LogP contribution in [0.3, 0.4) is 0 Å². The van der Waals surface area contributed by atoms with Crippen molar-refractivity contribution in [2.45, 2.75) is 18.6 Å². The zero-order valence-corrected chi connectivity index (χ0v) is 5.95. The predicted molar refractivity (Wildman–Crippen MR) is 36.2 cm³/mol. The van der Waals surface area contributed by atoms with E-state index in [1.165, 1.54) is 0 Å². The van der Waals surface area contributed by atoms with Crippen LogP contribution in [0.25, 0.3) is 0 Å². The molecule has 0 saturated carbocycles. The fraction of sp³-hybridized carbons (Fsp3) is 0.833. The van der Waals surface area contributed by atoms with Gasteiger partial charge in [-0.2, -0.15) is 0 Å². The van der Waals surface area contributed by atoms with Crippen molar-refractivity contribution in [3.05, 3.63) is 0 Å². The maximum Gasteiger partial charge on any atom is 0.234 e. The Hall–Kier alpha value is -0.610. The summed E-state index contributed by atoms with van der Waals surface area (Å²) in [4.78, 5) is 12.4. The third-order valence-corrected chi connectivity index (χ3v) is 1.85. The van der Waals surface area contributed by atoms with Gasteiger partial charge in [-0.3, -0.25) is 9.69 Å². The van der Waals surface area contributed by atoms with Gasteiger partial charge in [0.05, 0.1) is 12.1 Å². The first-order valence-corrected chi connectivity index (χ1v) is 3.29. The number of carbonyl (C=O) groups is 1. The van der Waals surface area contributed by atoms with Gasteiger partial charge in [-0.05, 0) is 13.5 Å². The van der Waals surface area contributed by atoms with Crippen molar-refractivity contribution >= 4 is 5.91 Å². The minimum Gasteiger partial charge on any atom is -0.392 e. The molecule has 2 unspecified atom stereocenters. The van der Waals surface area contributed by atoms with Crippen molar-refractivity contribution in [2.75, 3.05) is 13.6 Å². The molecule has 0 bridgehead atoms. The molecule has 1 saturated heterocycles. The normalized spacial score (nSPS) is 34.6. The van der Waals surface area contributed by atoms with Crippen LogP contribution in [0.15, 0.2) is 0 Å². The Morgan fingerprint density at radius 1 is 1.80 bits per heavy atom. The number of nitrogens with two attached hydrogens (primary N) is 1. The van der Waals surface area contributed by atoms with Gasteiger partial charge in [0.2, 0.25) is 5.91 Å². The number of nitrogens with zero attached hydrogens (tertiary/aromatic N) is 1. The Balaban J connectivity index is 2.54. The molecule has 0 aromatic rings. The number of aliphatic hydroxyl groups excluding tert-OH is 1. The van der Waals surface area contributed by atoms with Crippen LogP contribution < -0.4 is 5.73 Å². The van der Waals surface area contributed by atoms with E-state index in [9.17, 15) is 4.79 Å². The summed E-state index contributed by atoms with van der Waals surface area (Å²) < 4.78 is 0. The fourth-order valence-electron chi connectivity index (χ4n) is 1.31. The van der Waals surface area contributed by atoms with E-state index in [0.717, 1.165) is 0 Å². The van der Waals surface area contributed by atoms with Gasteiger partial charge in [0, 0.05) is 6.54 Å². The van der Waals surface area contributed by atoms with Gasteiger partial charge in [-0.1, -0.05) is 0 Å². The summed E-state index contributed by atoms with van der Waals surface area (Å²) in [5, 5.41) is 9.07. The largest absolute Gasteiger partial charge is 0.392 e. The summed E-state index contributed by atoms with van der Waals surface area (Å²) in [7, 11) is 1.78. The summed E-state index contributed by atoms with van der Waals surface area (Å²) in [6, 6.07) is -0.269. The lowest BCUT2D eigenvalue weighted by atomic mass is 10.2. The van der Waals surface area contributed by atoms with E-state index in [0.29, 0.717) is 13.0 Å². The van der Waals surface area contributed by atoms with E-state index in [1.807, 2.05) is 0 Å². The molecule has 4 heteroatoms. The quantitative estimate of drug-likeness (QED) is 0.472. The first-order chi connectivity index (χ1) is 4.61. The van der Waals surface area contributed by atoms with Crippen molar-refractivity contribution in [3.8, 4) is 0 Å². The zero-order valence-electron chi connectivity index (χ0n) is 5.95. The van der Waals surface area contributed by atoms with Crippen LogP contribution in [0.1, 0.15) is 6.42 Å². The lowest BCUT2D eigenvalue weighted by Crippen LogP contribution is -2.37. The van der Waals surface area contributed by atoms with Crippen LogP contribution in [0.5, 0.6) is 0 Å². The molecule has 1 heterocycles. The molecule has 1 aliphatic rings. The Kier molecular flexibility index (Phi) is 1.92. The highest BCUT2D eigenvalue weighted by molar-refractivity contribution is 5.80. The molecule has 2 atom stereocenters. The number of likely N-dealkylation sites (N-methyl/N-ethyl adjacent to an activating group) is 1. The second-order valence-corrected chi connectivity index (χ2v) is 2.75. The van der Waals surface area contributed by atoms with E-state index in [-0.39, 0.29) is 18.1 Å². The number of β-amino-alcohol motifs (C(OH)–C–C–N with tert-alkyl or cyclic N) is 1. The molecule has 1 fully saturated rings. The Bertz CT molecular complexity index is 149. The maximum absolute atomic E-state index is 10.6. The van der Waals surface area contributed by atoms with E-state index >= 15 is 0 Å². The molecular formula is C6H12N2O2. The minimum atomic E-state index is -0.387. The molecule has 0 aliphatic carbocycles. The number of hydrogen-bond donors (Lipinski definition) is 2. The summed E-state index contributed by atoms with van der Waals surface area (Å²) in [6.45, 7) is 0.549. The summed E-state index contributed by atoms with van der Waals surface area (Å²) >= 11 is 0. The Morgan fingerprint density at radius 2 is 2.40 bits per heavy atom. The molecule has 0 spiro atoms. The number of carbonyl (C=O) groups excluding carboxylic acids is 1. The van der Waals surface area contributed by atoms with Gasteiger partial charge in [-0.15, -0.1) is 0 Å². The van der Waals surface area contributed by atoms with Gasteiger partial charge in [0.15, 0.2) is 0 Å². The van der Waals surface area contributed by atoms with Crippen molar-refractivity contribution in [3.63, 3.8) is 0 Å². The summed E-state index contributed by atoms with van der Waals surface area (Å²) in [5.74, 6) is -0.348. The molecule has 58 valence electrons. The average Bonchev–Trinajstić information content (AvgIpc) is 2.10. The SMILES string of the molecule is CN1CC(O)CC1C(N)=O. The van der Waals surface area contributed by atoms with Crippen LogP contribution in [0, 0.1) is 0 Å². The fourth-order valence-corrected chi connectivity index (χ4v) is 1.31. The molecular weight excluding hydrogens is 132 g/mol. The monoisotopic (exact) mass is 144 g/mol. The smallest absolute Gasteiger partial charge is 0.234 e.